The average Bonchev–Trinajstić information content (AvgIpc) is 3.00. The maximum absolute atomic E-state index is 7.83. The van der Waals surface area contributed by atoms with E-state index in [1.54, 1.807) is 6.07 Å². The lowest BCUT2D eigenvalue weighted by atomic mass is 9.80. The SMILES string of the molecule is [2H]C([2H])([2H])c1cc(C)cc(C2=CC3(CCCCC3)N(c3ccccc3C)C2)c1. The molecule has 0 atom stereocenters. The summed E-state index contributed by atoms with van der Waals surface area (Å²) >= 11 is 0. The highest BCUT2D eigenvalue weighted by Gasteiger charge is 2.41. The molecule has 2 aromatic carbocycles. The highest BCUT2D eigenvalue weighted by atomic mass is 15.2. The van der Waals surface area contributed by atoms with Gasteiger partial charge < -0.3 is 4.90 Å². The minimum absolute atomic E-state index is 0.0591. The third kappa shape index (κ3) is 3.01. The molecule has 4 rings (SSSR count). The molecule has 130 valence electrons. The minimum atomic E-state index is -2.07. The molecule has 1 spiro atoms. The highest BCUT2D eigenvalue weighted by molar-refractivity contribution is 5.78. The summed E-state index contributed by atoms with van der Waals surface area (Å²) in [5.74, 6) is 0. The highest BCUT2D eigenvalue weighted by Crippen LogP contribution is 2.45. The Bertz CT molecular complexity index is 904. The van der Waals surface area contributed by atoms with Gasteiger partial charge in [-0.3, -0.25) is 0 Å². The van der Waals surface area contributed by atoms with E-state index in [9.17, 15) is 0 Å². The quantitative estimate of drug-likeness (QED) is 0.630. The van der Waals surface area contributed by atoms with Crippen LogP contribution in [-0.2, 0) is 0 Å². The summed E-state index contributed by atoms with van der Waals surface area (Å²) in [6.07, 6.45) is 8.60. The van der Waals surface area contributed by atoms with Crippen LogP contribution in [0.2, 0.25) is 0 Å². The average molecular weight is 335 g/mol. The summed E-state index contributed by atoms with van der Waals surface area (Å²) in [6.45, 7) is 2.94. The molecule has 0 aromatic heterocycles. The van der Waals surface area contributed by atoms with Gasteiger partial charge in [0.15, 0.2) is 0 Å². The molecule has 2 aliphatic rings. The molecule has 1 heterocycles. The Hall–Kier alpha value is -2.02. The molecule has 25 heavy (non-hydrogen) atoms. The molecule has 0 amide bonds. The second-order valence-corrected chi connectivity index (χ2v) is 7.79. The van der Waals surface area contributed by atoms with Crippen molar-refractivity contribution >= 4 is 11.3 Å². The smallest absolute Gasteiger partial charge is 0.0595 e. The normalized spacial score (nSPS) is 21.6. The summed E-state index contributed by atoms with van der Waals surface area (Å²) in [7, 11) is 0. The fourth-order valence-electron chi connectivity index (χ4n) is 4.69. The number of rotatable bonds is 2. The van der Waals surface area contributed by atoms with Gasteiger partial charge in [-0.2, -0.15) is 0 Å². The zero-order valence-corrected chi connectivity index (χ0v) is 15.3. The van der Waals surface area contributed by atoms with Crippen molar-refractivity contribution in [2.24, 2.45) is 0 Å². The van der Waals surface area contributed by atoms with Crippen LogP contribution in [0.15, 0.2) is 48.5 Å². The Morgan fingerprint density at radius 3 is 2.48 bits per heavy atom. The van der Waals surface area contributed by atoms with Crippen LogP contribution in [-0.4, -0.2) is 12.1 Å². The summed E-state index contributed by atoms with van der Waals surface area (Å²) in [6, 6.07) is 14.4. The van der Waals surface area contributed by atoms with Crippen LogP contribution >= 0.6 is 0 Å². The Morgan fingerprint density at radius 1 is 0.960 bits per heavy atom. The van der Waals surface area contributed by atoms with Gasteiger partial charge in [0, 0.05) is 16.3 Å². The molecule has 0 N–H and O–H groups in total. The van der Waals surface area contributed by atoms with Crippen LogP contribution in [0.1, 0.15) is 58.5 Å². The maximum Gasteiger partial charge on any atom is 0.0595 e. The number of hydrogen-bond acceptors (Lipinski definition) is 1. The standard InChI is InChI=1S/C24H29N/c1-18-13-19(2)15-21(14-18)22-16-24(11-7-4-8-12-24)25(17-22)23-10-6-5-9-20(23)3/h5-6,9-10,13-16H,4,7-8,11-12,17H2,1-3H3/i1D3. The Kier molecular flexibility index (Phi) is 3.37. The molecule has 1 aliphatic carbocycles. The Labute approximate surface area is 156 Å². The van der Waals surface area contributed by atoms with Gasteiger partial charge in [-0.05, 0) is 56.3 Å². The van der Waals surface area contributed by atoms with E-state index >= 15 is 0 Å². The molecule has 0 radical (unpaired) electrons. The van der Waals surface area contributed by atoms with E-state index in [1.165, 1.54) is 48.9 Å². The van der Waals surface area contributed by atoms with Gasteiger partial charge in [0.2, 0.25) is 0 Å². The van der Waals surface area contributed by atoms with Crippen molar-refractivity contribution in [3.05, 3.63) is 70.8 Å². The van der Waals surface area contributed by atoms with Gasteiger partial charge in [-0.1, -0.05) is 72.9 Å². The van der Waals surface area contributed by atoms with Crippen LogP contribution in [0, 0.1) is 20.7 Å². The van der Waals surface area contributed by atoms with Gasteiger partial charge in [-0.15, -0.1) is 0 Å². The molecule has 1 saturated carbocycles. The van der Waals surface area contributed by atoms with Gasteiger partial charge in [-0.25, -0.2) is 0 Å². The van der Waals surface area contributed by atoms with Crippen molar-refractivity contribution in [1.82, 2.24) is 0 Å². The minimum Gasteiger partial charge on any atom is -0.358 e. The molecule has 1 fully saturated rings. The van der Waals surface area contributed by atoms with Crippen molar-refractivity contribution < 1.29 is 4.11 Å². The lowest BCUT2D eigenvalue weighted by molar-refractivity contribution is 0.349. The number of benzene rings is 2. The molecule has 2 aromatic rings. The first-order valence-corrected chi connectivity index (χ1v) is 9.46. The van der Waals surface area contributed by atoms with Crippen LogP contribution in [0.3, 0.4) is 0 Å². The van der Waals surface area contributed by atoms with Gasteiger partial charge >= 0.3 is 0 Å². The van der Waals surface area contributed by atoms with Crippen LogP contribution in [0.5, 0.6) is 0 Å². The van der Waals surface area contributed by atoms with Crippen LogP contribution < -0.4 is 4.90 Å². The predicted molar refractivity (Wildman–Crippen MR) is 108 cm³/mol. The van der Waals surface area contributed by atoms with Crippen molar-refractivity contribution in [3.63, 3.8) is 0 Å². The van der Waals surface area contributed by atoms with Crippen molar-refractivity contribution in [2.75, 3.05) is 11.4 Å². The number of para-hydroxylation sites is 1. The lowest BCUT2D eigenvalue weighted by Crippen LogP contribution is -2.46. The molecule has 0 bridgehead atoms. The second kappa shape index (κ2) is 6.37. The van der Waals surface area contributed by atoms with Gasteiger partial charge in [0.05, 0.1) is 5.54 Å². The maximum atomic E-state index is 7.83. The zero-order chi connectivity index (χ0) is 19.9. The van der Waals surface area contributed by atoms with E-state index < -0.39 is 6.85 Å². The van der Waals surface area contributed by atoms with E-state index in [4.69, 9.17) is 4.11 Å². The van der Waals surface area contributed by atoms with Gasteiger partial charge in [0.1, 0.15) is 0 Å². The molecule has 1 heteroatoms. The molecule has 1 nitrogen and oxygen atoms in total. The fourth-order valence-corrected chi connectivity index (χ4v) is 4.69. The van der Waals surface area contributed by atoms with Crippen molar-refractivity contribution in [3.8, 4) is 0 Å². The molecule has 0 unspecified atom stereocenters. The number of nitrogens with zero attached hydrogens (tertiary/aromatic N) is 1. The van der Waals surface area contributed by atoms with E-state index in [1.807, 2.05) is 13.0 Å². The Morgan fingerprint density at radius 2 is 1.72 bits per heavy atom. The molecular formula is C24H29N. The van der Waals surface area contributed by atoms with Crippen molar-refractivity contribution in [1.29, 1.82) is 0 Å². The Balaban J connectivity index is 1.78. The third-order valence-corrected chi connectivity index (χ3v) is 5.88. The predicted octanol–water partition coefficient (Wildman–Crippen LogP) is 6.22. The lowest BCUT2D eigenvalue weighted by Gasteiger charge is -2.43. The number of aryl methyl sites for hydroxylation is 3. The summed E-state index contributed by atoms with van der Waals surface area (Å²) in [4.78, 5) is 2.58. The molecule has 1 aliphatic heterocycles. The molecular weight excluding hydrogens is 302 g/mol. The number of hydrogen-bond donors (Lipinski definition) is 0. The first-order chi connectivity index (χ1) is 13.3. The second-order valence-electron chi connectivity index (χ2n) is 7.79. The van der Waals surface area contributed by atoms with Crippen molar-refractivity contribution in [2.45, 2.75) is 58.3 Å². The summed E-state index contributed by atoms with van der Waals surface area (Å²) < 4.78 is 23.5. The van der Waals surface area contributed by atoms with E-state index in [-0.39, 0.29) is 5.54 Å². The third-order valence-electron chi connectivity index (χ3n) is 5.88. The molecule has 0 saturated heterocycles. The number of anilines is 1. The fraction of sp³-hybridized carbons (Fsp3) is 0.417. The van der Waals surface area contributed by atoms with Crippen LogP contribution in [0.4, 0.5) is 5.69 Å². The zero-order valence-electron chi connectivity index (χ0n) is 18.3. The largest absolute Gasteiger partial charge is 0.358 e. The first-order valence-electron chi connectivity index (χ1n) is 11.0. The van der Waals surface area contributed by atoms with Gasteiger partial charge in [0.25, 0.3) is 0 Å². The topological polar surface area (TPSA) is 3.24 Å². The van der Waals surface area contributed by atoms with Crippen LogP contribution in [0.25, 0.3) is 5.57 Å². The van der Waals surface area contributed by atoms with E-state index in [2.05, 4.69) is 48.2 Å². The monoisotopic (exact) mass is 334 g/mol. The first kappa shape index (κ1) is 13.2. The van der Waals surface area contributed by atoms with E-state index in [0.29, 0.717) is 5.56 Å². The summed E-state index contributed by atoms with van der Waals surface area (Å²) in [5, 5.41) is 0. The summed E-state index contributed by atoms with van der Waals surface area (Å²) in [5.41, 5.74) is 6.44. The van der Waals surface area contributed by atoms with E-state index in [0.717, 1.165) is 17.7 Å².